The summed E-state index contributed by atoms with van der Waals surface area (Å²) >= 11 is 0. The summed E-state index contributed by atoms with van der Waals surface area (Å²) in [5.74, 6) is -0.162. The predicted molar refractivity (Wildman–Crippen MR) is 227 cm³/mol. The largest absolute Gasteiger partial charge is 0.394 e. The minimum absolute atomic E-state index is 0.162. The number of hydrogen-bond acceptors (Lipinski definition) is 4. The molecule has 0 aromatic carbocycles. The van der Waals surface area contributed by atoms with Gasteiger partial charge in [-0.2, -0.15) is 0 Å². The maximum atomic E-state index is 12.4. The molecule has 0 bridgehead atoms. The topological polar surface area (TPSA) is 89.8 Å². The number of carbonyl (C=O) groups excluding carboxylic acids is 1. The number of hydrogen-bond donors (Lipinski definition) is 4. The van der Waals surface area contributed by atoms with Crippen LogP contribution in [0.3, 0.4) is 0 Å². The minimum Gasteiger partial charge on any atom is -0.394 e. The maximum Gasteiger partial charge on any atom is 0.220 e. The molecule has 0 rings (SSSR count). The second-order valence-electron chi connectivity index (χ2n) is 15.6. The molecule has 0 aromatic rings. The van der Waals surface area contributed by atoms with Crippen molar-refractivity contribution in [1.29, 1.82) is 0 Å². The summed E-state index contributed by atoms with van der Waals surface area (Å²) in [5.41, 5.74) is 0. The zero-order valence-electron chi connectivity index (χ0n) is 34.7. The van der Waals surface area contributed by atoms with Crippen LogP contribution in [0.4, 0.5) is 0 Å². The van der Waals surface area contributed by atoms with Gasteiger partial charge in [0.2, 0.25) is 5.91 Å². The molecule has 0 aliphatic heterocycles. The Morgan fingerprint density at radius 2 is 0.788 bits per heavy atom. The van der Waals surface area contributed by atoms with E-state index >= 15 is 0 Å². The van der Waals surface area contributed by atoms with Gasteiger partial charge in [0, 0.05) is 6.42 Å². The fourth-order valence-corrected chi connectivity index (χ4v) is 6.88. The van der Waals surface area contributed by atoms with Crippen molar-refractivity contribution in [2.45, 2.75) is 250 Å². The van der Waals surface area contributed by atoms with E-state index in [0.717, 1.165) is 44.9 Å². The van der Waals surface area contributed by atoms with Gasteiger partial charge in [-0.1, -0.05) is 185 Å². The van der Waals surface area contributed by atoms with E-state index in [1.54, 1.807) is 0 Å². The summed E-state index contributed by atoms with van der Waals surface area (Å²) in [6.07, 6.45) is 52.6. The molecule has 0 spiro atoms. The van der Waals surface area contributed by atoms with Crippen LogP contribution in [0.1, 0.15) is 232 Å². The molecule has 3 unspecified atom stereocenters. The van der Waals surface area contributed by atoms with Crippen LogP contribution in [-0.2, 0) is 4.79 Å². The minimum atomic E-state index is -1.17. The number of carbonyl (C=O) groups is 1. The average Bonchev–Trinajstić information content (AvgIpc) is 3.15. The fraction of sp³-hybridized carbons (Fsp3) is 0.851. The van der Waals surface area contributed by atoms with Crippen molar-refractivity contribution in [2.24, 2.45) is 0 Å². The first-order valence-corrected chi connectivity index (χ1v) is 22.8. The van der Waals surface area contributed by atoms with E-state index in [0.29, 0.717) is 12.8 Å². The van der Waals surface area contributed by atoms with Crippen LogP contribution in [0.2, 0.25) is 0 Å². The molecular formula is C47H89NO4. The van der Waals surface area contributed by atoms with Gasteiger partial charge in [-0.25, -0.2) is 0 Å². The van der Waals surface area contributed by atoms with Gasteiger partial charge in [0.25, 0.3) is 0 Å². The molecule has 0 aromatic heterocycles. The second-order valence-corrected chi connectivity index (χ2v) is 15.6. The first-order valence-electron chi connectivity index (χ1n) is 22.8. The molecule has 306 valence electrons. The Bertz CT molecular complexity index is 809. The van der Waals surface area contributed by atoms with Gasteiger partial charge in [-0.05, 0) is 77.0 Å². The molecule has 1 amide bonds. The van der Waals surface area contributed by atoms with Crippen molar-refractivity contribution < 1.29 is 20.1 Å². The van der Waals surface area contributed by atoms with Gasteiger partial charge < -0.3 is 20.6 Å². The molecular weight excluding hydrogens is 643 g/mol. The second kappa shape index (κ2) is 42.3. The van der Waals surface area contributed by atoms with E-state index in [1.165, 1.54) is 161 Å². The van der Waals surface area contributed by atoms with E-state index in [2.05, 4.69) is 55.6 Å². The molecule has 5 nitrogen and oxygen atoms in total. The third kappa shape index (κ3) is 36.9. The molecule has 0 fully saturated rings. The lowest BCUT2D eigenvalue weighted by Gasteiger charge is -2.26. The summed E-state index contributed by atoms with van der Waals surface area (Å²) < 4.78 is 0. The highest BCUT2D eigenvalue weighted by atomic mass is 16.3. The van der Waals surface area contributed by atoms with E-state index in [4.69, 9.17) is 0 Å². The van der Waals surface area contributed by atoms with Crippen molar-refractivity contribution in [3.63, 3.8) is 0 Å². The summed E-state index contributed by atoms with van der Waals surface area (Å²) in [6, 6.07) is -0.834. The van der Waals surface area contributed by atoms with Gasteiger partial charge in [0.05, 0.1) is 18.8 Å². The Kier molecular flexibility index (Phi) is 41.1. The van der Waals surface area contributed by atoms with Crippen LogP contribution in [0, 0.1) is 0 Å². The lowest BCUT2D eigenvalue weighted by Crippen LogP contribution is -2.50. The quantitative estimate of drug-likeness (QED) is 0.0372. The Morgan fingerprint density at radius 3 is 1.17 bits per heavy atom. The number of rotatable bonds is 41. The highest BCUT2D eigenvalue weighted by Gasteiger charge is 2.26. The third-order valence-electron chi connectivity index (χ3n) is 10.4. The molecule has 3 atom stereocenters. The molecule has 0 aliphatic carbocycles. The van der Waals surface area contributed by atoms with Gasteiger partial charge >= 0.3 is 0 Å². The molecule has 0 saturated heterocycles. The van der Waals surface area contributed by atoms with Crippen LogP contribution in [0.15, 0.2) is 36.5 Å². The van der Waals surface area contributed by atoms with Crippen molar-refractivity contribution in [3.05, 3.63) is 36.5 Å². The lowest BCUT2D eigenvalue weighted by atomic mass is 10.0. The first-order chi connectivity index (χ1) is 25.6. The number of aliphatic hydroxyl groups is 3. The Labute approximate surface area is 324 Å². The summed E-state index contributed by atoms with van der Waals surface area (Å²) in [6.45, 7) is 4.16. The van der Waals surface area contributed by atoms with Gasteiger partial charge in [0.15, 0.2) is 0 Å². The normalized spacial score (nSPS) is 13.9. The molecule has 0 saturated carbocycles. The number of unbranched alkanes of at least 4 members (excludes halogenated alkanes) is 27. The Morgan fingerprint density at radius 1 is 0.462 bits per heavy atom. The number of amides is 1. The van der Waals surface area contributed by atoms with Crippen LogP contribution in [-0.4, -0.2) is 46.1 Å². The van der Waals surface area contributed by atoms with Crippen LogP contribution in [0.25, 0.3) is 0 Å². The SMILES string of the molecule is CCCCCCCCC/C=C/CC/C=C/CCCC(O)C(O)C(CO)NC(=O)CCCCCCCCC/C=C\CCCCCCCCCCCCC. The Balaban J connectivity index is 3.67. The third-order valence-corrected chi connectivity index (χ3v) is 10.4. The monoisotopic (exact) mass is 732 g/mol. The molecule has 4 N–H and O–H groups in total. The lowest BCUT2D eigenvalue weighted by molar-refractivity contribution is -0.124. The predicted octanol–water partition coefficient (Wildman–Crippen LogP) is 13.2. The van der Waals surface area contributed by atoms with Gasteiger partial charge in [0.1, 0.15) is 6.10 Å². The first kappa shape index (κ1) is 50.6. The summed E-state index contributed by atoms with van der Waals surface area (Å²) in [4.78, 5) is 12.4. The van der Waals surface area contributed by atoms with Crippen molar-refractivity contribution in [2.75, 3.05) is 6.61 Å². The van der Waals surface area contributed by atoms with Crippen molar-refractivity contribution in [1.82, 2.24) is 5.32 Å². The van der Waals surface area contributed by atoms with E-state index in [-0.39, 0.29) is 12.5 Å². The van der Waals surface area contributed by atoms with Crippen LogP contribution >= 0.6 is 0 Å². The Hall–Kier alpha value is -1.43. The summed E-state index contributed by atoms with van der Waals surface area (Å²) in [5, 5.41) is 33.5. The molecule has 0 radical (unpaired) electrons. The molecule has 0 heterocycles. The standard InChI is InChI=1S/C47H89NO4/c1-3-5-7-9-11-13-15-17-19-21-22-23-24-25-26-28-30-32-34-36-38-40-42-46(51)48-44(43-49)47(52)45(50)41-39-37-35-33-31-29-27-20-18-16-14-12-10-8-6-4-2/h20,24-25,27,33,35,44-45,47,49-50,52H,3-19,21-23,26,28-32,34,36-43H2,1-2H3,(H,48,51)/b25-24-,27-20+,35-33+. The fourth-order valence-electron chi connectivity index (χ4n) is 6.88. The van der Waals surface area contributed by atoms with Gasteiger partial charge in [-0.15, -0.1) is 0 Å². The highest BCUT2D eigenvalue weighted by molar-refractivity contribution is 5.76. The van der Waals surface area contributed by atoms with Crippen LogP contribution in [0.5, 0.6) is 0 Å². The average molecular weight is 732 g/mol. The van der Waals surface area contributed by atoms with Crippen molar-refractivity contribution >= 4 is 5.91 Å². The zero-order valence-corrected chi connectivity index (χ0v) is 34.7. The number of allylic oxidation sites excluding steroid dienone is 6. The smallest absolute Gasteiger partial charge is 0.220 e. The molecule has 0 aliphatic rings. The van der Waals surface area contributed by atoms with E-state index in [1.807, 2.05) is 0 Å². The molecule has 52 heavy (non-hydrogen) atoms. The van der Waals surface area contributed by atoms with Crippen LogP contribution < -0.4 is 5.32 Å². The summed E-state index contributed by atoms with van der Waals surface area (Å²) in [7, 11) is 0. The maximum absolute atomic E-state index is 12.4. The van der Waals surface area contributed by atoms with Gasteiger partial charge in [-0.3, -0.25) is 4.79 Å². The number of aliphatic hydroxyl groups excluding tert-OH is 3. The van der Waals surface area contributed by atoms with E-state index in [9.17, 15) is 20.1 Å². The molecule has 5 heteroatoms. The number of nitrogens with one attached hydrogen (secondary N) is 1. The van der Waals surface area contributed by atoms with Crippen molar-refractivity contribution in [3.8, 4) is 0 Å². The van der Waals surface area contributed by atoms with E-state index < -0.39 is 18.2 Å². The zero-order chi connectivity index (χ0) is 38.0. The highest BCUT2D eigenvalue weighted by Crippen LogP contribution is 2.15.